The van der Waals surface area contributed by atoms with E-state index in [1.165, 1.54) is 4.88 Å². The minimum atomic E-state index is 0.706. The summed E-state index contributed by atoms with van der Waals surface area (Å²) < 4.78 is 0. The number of thiazole rings is 1. The highest BCUT2D eigenvalue weighted by molar-refractivity contribution is 7.99. The molecule has 0 radical (unpaired) electrons. The van der Waals surface area contributed by atoms with Crippen molar-refractivity contribution < 1.29 is 0 Å². The lowest BCUT2D eigenvalue weighted by molar-refractivity contribution is 1.12. The maximum absolute atomic E-state index is 6.11. The van der Waals surface area contributed by atoms with Crippen molar-refractivity contribution in [1.82, 2.24) is 4.98 Å². The number of nitrogens with two attached hydrogens (primary N) is 1. The Morgan fingerprint density at radius 1 is 1.47 bits per heavy atom. The van der Waals surface area contributed by atoms with E-state index < -0.39 is 0 Å². The van der Waals surface area contributed by atoms with E-state index in [-0.39, 0.29) is 0 Å². The van der Waals surface area contributed by atoms with Gasteiger partial charge in [0.2, 0.25) is 0 Å². The van der Waals surface area contributed by atoms with Crippen LogP contribution in [-0.2, 0) is 6.42 Å². The van der Waals surface area contributed by atoms with E-state index in [2.05, 4.69) is 4.98 Å². The second-order valence-corrected chi connectivity index (χ2v) is 6.13. The third-order valence-corrected chi connectivity index (χ3v) is 4.88. The summed E-state index contributed by atoms with van der Waals surface area (Å²) in [5.74, 6) is 1.01. The lowest BCUT2D eigenvalue weighted by Gasteiger charge is -2.04. The topological polar surface area (TPSA) is 38.9 Å². The summed E-state index contributed by atoms with van der Waals surface area (Å²) in [5.41, 5.74) is 9.39. The molecule has 2 aromatic rings. The molecule has 0 unspecified atom stereocenters. The lowest BCUT2D eigenvalue weighted by Crippen LogP contribution is -1.89. The van der Waals surface area contributed by atoms with Gasteiger partial charge in [-0.3, -0.25) is 0 Å². The van der Waals surface area contributed by atoms with E-state index >= 15 is 0 Å². The fourth-order valence-electron chi connectivity index (χ4n) is 1.45. The van der Waals surface area contributed by atoms with Crippen LogP contribution in [0.2, 0.25) is 5.02 Å². The van der Waals surface area contributed by atoms with Crippen LogP contribution in [0.5, 0.6) is 0 Å². The molecule has 1 aromatic heterocycles. The first-order valence-corrected chi connectivity index (χ1v) is 7.48. The monoisotopic (exact) mass is 284 g/mol. The van der Waals surface area contributed by atoms with E-state index in [4.69, 9.17) is 17.3 Å². The van der Waals surface area contributed by atoms with Crippen LogP contribution in [0.3, 0.4) is 0 Å². The number of nitrogens with zero attached hydrogens (tertiary/aromatic N) is 1. The van der Waals surface area contributed by atoms with Crippen molar-refractivity contribution in [3.8, 4) is 0 Å². The van der Waals surface area contributed by atoms with E-state index in [9.17, 15) is 0 Å². The Hall–Kier alpha value is -0.710. The van der Waals surface area contributed by atoms with Crippen molar-refractivity contribution in [2.45, 2.75) is 18.2 Å². The van der Waals surface area contributed by atoms with Gasteiger partial charge in [0.15, 0.2) is 0 Å². The number of anilines is 1. The molecule has 0 saturated heterocycles. The van der Waals surface area contributed by atoms with Gasteiger partial charge in [0, 0.05) is 21.2 Å². The summed E-state index contributed by atoms with van der Waals surface area (Å²) in [6.07, 6.45) is 1.03. The third kappa shape index (κ3) is 3.37. The highest BCUT2D eigenvalue weighted by Crippen LogP contribution is 2.29. The summed E-state index contributed by atoms with van der Waals surface area (Å²) in [6, 6.07) is 5.65. The third-order valence-electron chi connectivity index (χ3n) is 2.39. The highest BCUT2D eigenvalue weighted by atomic mass is 35.5. The number of benzene rings is 1. The first-order valence-electron chi connectivity index (χ1n) is 5.23. The Morgan fingerprint density at radius 2 is 2.29 bits per heavy atom. The number of aromatic nitrogens is 1. The molecule has 0 fully saturated rings. The smallest absolute Gasteiger partial charge is 0.0797 e. The predicted molar refractivity (Wildman–Crippen MR) is 77.1 cm³/mol. The Labute approximate surface area is 114 Å². The minimum Gasteiger partial charge on any atom is -0.399 e. The SMILES string of the molecule is Cc1ncsc1CCSc1ccc(N)cc1Cl. The first-order chi connectivity index (χ1) is 8.16. The summed E-state index contributed by atoms with van der Waals surface area (Å²) in [7, 11) is 0. The molecule has 5 heteroatoms. The van der Waals surface area contributed by atoms with Crippen LogP contribution in [0, 0.1) is 6.92 Å². The van der Waals surface area contributed by atoms with Crippen molar-refractivity contribution in [1.29, 1.82) is 0 Å². The van der Waals surface area contributed by atoms with E-state index in [0.717, 1.165) is 27.8 Å². The van der Waals surface area contributed by atoms with Crippen molar-refractivity contribution in [3.63, 3.8) is 0 Å². The van der Waals surface area contributed by atoms with Gasteiger partial charge in [-0.25, -0.2) is 4.98 Å². The van der Waals surface area contributed by atoms with Crippen molar-refractivity contribution >= 4 is 40.4 Å². The zero-order chi connectivity index (χ0) is 12.3. The minimum absolute atomic E-state index is 0.706. The molecule has 1 heterocycles. The number of hydrogen-bond donors (Lipinski definition) is 1. The quantitative estimate of drug-likeness (QED) is 0.681. The Balaban J connectivity index is 1.92. The number of rotatable bonds is 4. The fraction of sp³-hybridized carbons (Fsp3) is 0.250. The van der Waals surface area contributed by atoms with Gasteiger partial charge in [0.05, 0.1) is 16.2 Å². The Bertz CT molecular complexity index is 511. The Morgan fingerprint density at radius 3 is 2.94 bits per heavy atom. The molecule has 2 nitrogen and oxygen atoms in total. The van der Waals surface area contributed by atoms with Crippen LogP contribution in [0.15, 0.2) is 28.6 Å². The molecule has 0 saturated carbocycles. The molecule has 0 aliphatic carbocycles. The molecule has 0 aliphatic rings. The molecule has 90 valence electrons. The largest absolute Gasteiger partial charge is 0.399 e. The maximum Gasteiger partial charge on any atom is 0.0797 e. The first kappa shape index (κ1) is 12.7. The molecule has 0 spiro atoms. The standard InChI is InChI=1S/C12H13ClN2S2/c1-8-11(17-7-15-8)4-5-16-12-3-2-9(14)6-10(12)13/h2-3,6-7H,4-5,14H2,1H3. The number of aryl methyl sites for hydroxylation is 2. The summed E-state index contributed by atoms with van der Waals surface area (Å²) in [6.45, 7) is 2.05. The number of halogens is 1. The van der Waals surface area contributed by atoms with Crippen molar-refractivity contribution in [2.75, 3.05) is 11.5 Å². The molecule has 1 aromatic carbocycles. The van der Waals surface area contributed by atoms with Crippen LogP contribution in [0.25, 0.3) is 0 Å². The lowest BCUT2D eigenvalue weighted by atomic mass is 10.3. The molecular weight excluding hydrogens is 272 g/mol. The van der Waals surface area contributed by atoms with Crippen LogP contribution in [0.4, 0.5) is 5.69 Å². The van der Waals surface area contributed by atoms with Crippen LogP contribution >= 0.6 is 34.7 Å². The molecule has 17 heavy (non-hydrogen) atoms. The van der Waals surface area contributed by atoms with Crippen molar-refractivity contribution in [2.24, 2.45) is 0 Å². The number of thioether (sulfide) groups is 1. The van der Waals surface area contributed by atoms with Crippen molar-refractivity contribution in [3.05, 3.63) is 39.3 Å². The van der Waals surface area contributed by atoms with E-state index in [1.807, 2.05) is 24.6 Å². The van der Waals surface area contributed by atoms with Gasteiger partial charge in [-0.1, -0.05) is 11.6 Å². The van der Waals surface area contributed by atoms with Gasteiger partial charge in [-0.15, -0.1) is 23.1 Å². The van der Waals surface area contributed by atoms with Gasteiger partial charge in [-0.2, -0.15) is 0 Å². The summed E-state index contributed by atoms with van der Waals surface area (Å²) in [5, 5.41) is 0.732. The summed E-state index contributed by atoms with van der Waals surface area (Å²) >= 11 is 9.58. The molecule has 2 rings (SSSR count). The zero-order valence-corrected chi connectivity index (χ0v) is 11.8. The Kier molecular flexibility index (Phi) is 4.31. The molecule has 2 N–H and O–H groups in total. The average molecular weight is 285 g/mol. The predicted octanol–water partition coefficient (Wildman–Crippen LogP) is 4.02. The van der Waals surface area contributed by atoms with E-state index in [0.29, 0.717) is 5.69 Å². The van der Waals surface area contributed by atoms with Gasteiger partial charge in [0.25, 0.3) is 0 Å². The molecule has 0 amide bonds. The molecule has 0 atom stereocenters. The average Bonchev–Trinajstić information content (AvgIpc) is 2.68. The second-order valence-electron chi connectivity index (χ2n) is 3.65. The fourth-order valence-corrected chi connectivity index (χ4v) is 3.60. The zero-order valence-electron chi connectivity index (χ0n) is 9.44. The van der Waals surface area contributed by atoms with Crippen LogP contribution < -0.4 is 5.73 Å². The van der Waals surface area contributed by atoms with Crippen LogP contribution in [-0.4, -0.2) is 10.7 Å². The second kappa shape index (κ2) is 5.76. The summed E-state index contributed by atoms with van der Waals surface area (Å²) in [4.78, 5) is 6.68. The van der Waals surface area contributed by atoms with Gasteiger partial charge < -0.3 is 5.73 Å². The van der Waals surface area contributed by atoms with Gasteiger partial charge >= 0.3 is 0 Å². The highest BCUT2D eigenvalue weighted by Gasteiger charge is 2.04. The number of hydrogen-bond acceptors (Lipinski definition) is 4. The van der Waals surface area contributed by atoms with E-state index in [1.54, 1.807) is 29.2 Å². The van der Waals surface area contributed by atoms with Crippen LogP contribution in [0.1, 0.15) is 10.6 Å². The normalized spacial score (nSPS) is 10.7. The van der Waals surface area contributed by atoms with Gasteiger partial charge in [-0.05, 0) is 31.5 Å². The number of nitrogen functional groups attached to an aromatic ring is 1. The van der Waals surface area contributed by atoms with Gasteiger partial charge in [0.1, 0.15) is 0 Å². The molecule has 0 bridgehead atoms. The maximum atomic E-state index is 6.11. The molecule has 0 aliphatic heterocycles. The molecular formula is C12H13ClN2S2.